The smallest absolute Gasteiger partial charge is 0.251 e. The Kier molecular flexibility index (Phi) is 11.7. The Morgan fingerprint density at radius 2 is 1.75 bits per heavy atom. The number of carbonyl (C=O) groups excluding carboxylic acids is 1. The molecular formula is C25H36N4O3. The third-order valence-electron chi connectivity index (χ3n) is 4.63. The standard InChI is InChI=1S/C25H36N4O3/c1-4-26-25(28-15-9-14-27-24(30)21-10-7-6-8-11-21)29-19-22-13-12-20(3)18-23(22)32-17-16-31-5-2/h6-8,10-13,18H,4-5,9,14-17,19H2,1-3H3,(H,27,30)(H2,26,28,29). The number of benzene rings is 2. The van der Waals surface area contributed by atoms with Gasteiger partial charge in [0, 0.05) is 37.4 Å². The first kappa shape index (κ1) is 25.2. The molecule has 0 aromatic heterocycles. The predicted molar refractivity (Wildman–Crippen MR) is 129 cm³/mol. The van der Waals surface area contributed by atoms with Crippen LogP contribution in [0.4, 0.5) is 0 Å². The highest BCUT2D eigenvalue weighted by Gasteiger charge is 2.06. The van der Waals surface area contributed by atoms with Crippen LogP contribution in [0.15, 0.2) is 53.5 Å². The number of hydrogen-bond donors (Lipinski definition) is 3. The second kappa shape index (κ2) is 14.9. The number of aliphatic imine (C=N–C) groups is 1. The maximum absolute atomic E-state index is 12.1. The number of rotatable bonds is 13. The Labute approximate surface area is 191 Å². The Morgan fingerprint density at radius 3 is 2.50 bits per heavy atom. The fourth-order valence-corrected chi connectivity index (χ4v) is 2.98. The van der Waals surface area contributed by atoms with Gasteiger partial charge in [-0.2, -0.15) is 0 Å². The molecule has 7 nitrogen and oxygen atoms in total. The highest BCUT2D eigenvalue weighted by molar-refractivity contribution is 5.94. The van der Waals surface area contributed by atoms with Crippen LogP contribution in [0, 0.1) is 6.92 Å². The maximum Gasteiger partial charge on any atom is 0.251 e. The number of amides is 1. The summed E-state index contributed by atoms with van der Waals surface area (Å²) in [5.74, 6) is 1.53. The SMILES string of the molecule is CCNC(=NCc1ccc(C)cc1OCCOCC)NCCCNC(=O)c1ccccc1. The van der Waals surface area contributed by atoms with E-state index in [2.05, 4.69) is 28.1 Å². The minimum Gasteiger partial charge on any atom is -0.491 e. The number of ether oxygens (including phenoxy) is 2. The molecule has 2 aromatic carbocycles. The summed E-state index contributed by atoms with van der Waals surface area (Å²) in [6, 6.07) is 15.4. The third-order valence-corrected chi connectivity index (χ3v) is 4.63. The quantitative estimate of drug-likeness (QED) is 0.253. The molecule has 0 fully saturated rings. The zero-order valence-corrected chi connectivity index (χ0v) is 19.4. The molecule has 0 aliphatic carbocycles. The van der Waals surface area contributed by atoms with Crippen molar-refractivity contribution < 1.29 is 14.3 Å². The van der Waals surface area contributed by atoms with E-state index < -0.39 is 0 Å². The number of guanidine groups is 1. The summed E-state index contributed by atoms with van der Waals surface area (Å²) in [7, 11) is 0. The molecule has 7 heteroatoms. The molecule has 0 atom stereocenters. The van der Waals surface area contributed by atoms with Crippen LogP contribution in [0.2, 0.25) is 0 Å². The number of hydrogen-bond acceptors (Lipinski definition) is 4. The van der Waals surface area contributed by atoms with Crippen LogP contribution in [0.5, 0.6) is 5.75 Å². The molecular weight excluding hydrogens is 404 g/mol. The van der Waals surface area contributed by atoms with Gasteiger partial charge in [-0.15, -0.1) is 0 Å². The maximum atomic E-state index is 12.1. The van der Waals surface area contributed by atoms with E-state index in [9.17, 15) is 4.79 Å². The van der Waals surface area contributed by atoms with Crippen molar-refractivity contribution in [2.45, 2.75) is 33.7 Å². The molecule has 0 saturated carbocycles. The summed E-state index contributed by atoms with van der Waals surface area (Å²) in [6.45, 7) is 10.4. The van der Waals surface area contributed by atoms with Crippen molar-refractivity contribution in [3.8, 4) is 5.75 Å². The van der Waals surface area contributed by atoms with Crippen molar-refractivity contribution in [1.29, 1.82) is 0 Å². The van der Waals surface area contributed by atoms with Crippen LogP contribution >= 0.6 is 0 Å². The van der Waals surface area contributed by atoms with E-state index in [0.717, 1.165) is 35.8 Å². The molecule has 0 spiro atoms. The van der Waals surface area contributed by atoms with Crippen LogP contribution in [0.25, 0.3) is 0 Å². The summed E-state index contributed by atoms with van der Waals surface area (Å²) in [5, 5.41) is 9.52. The molecule has 0 aliphatic heterocycles. The van der Waals surface area contributed by atoms with E-state index in [1.165, 1.54) is 0 Å². The second-order valence-electron chi connectivity index (χ2n) is 7.25. The Balaban J connectivity index is 1.82. The first-order chi connectivity index (χ1) is 15.6. The lowest BCUT2D eigenvalue weighted by molar-refractivity contribution is 0.0953. The van der Waals surface area contributed by atoms with Gasteiger partial charge in [-0.1, -0.05) is 30.3 Å². The topological polar surface area (TPSA) is 84.0 Å². The van der Waals surface area contributed by atoms with Gasteiger partial charge in [0.25, 0.3) is 5.91 Å². The minimum absolute atomic E-state index is 0.0533. The summed E-state index contributed by atoms with van der Waals surface area (Å²) in [4.78, 5) is 16.8. The highest BCUT2D eigenvalue weighted by atomic mass is 16.5. The van der Waals surface area contributed by atoms with Gasteiger partial charge in [0.15, 0.2) is 5.96 Å². The molecule has 174 valence electrons. The van der Waals surface area contributed by atoms with E-state index in [4.69, 9.17) is 14.5 Å². The van der Waals surface area contributed by atoms with Crippen molar-refractivity contribution in [2.75, 3.05) is 39.5 Å². The van der Waals surface area contributed by atoms with Crippen LogP contribution in [0.3, 0.4) is 0 Å². The van der Waals surface area contributed by atoms with Gasteiger partial charge in [0.2, 0.25) is 0 Å². The lowest BCUT2D eigenvalue weighted by Gasteiger charge is -2.14. The lowest BCUT2D eigenvalue weighted by Crippen LogP contribution is -2.38. The third kappa shape index (κ3) is 9.39. The molecule has 0 bridgehead atoms. The van der Waals surface area contributed by atoms with Crippen LogP contribution in [-0.4, -0.2) is 51.3 Å². The number of nitrogens with zero attached hydrogens (tertiary/aromatic N) is 1. The van der Waals surface area contributed by atoms with Crippen LogP contribution in [0.1, 0.15) is 41.8 Å². The van der Waals surface area contributed by atoms with Crippen molar-refractivity contribution >= 4 is 11.9 Å². The predicted octanol–water partition coefficient (Wildman–Crippen LogP) is 3.29. The molecule has 2 rings (SSSR count). The molecule has 0 heterocycles. The summed E-state index contributed by atoms with van der Waals surface area (Å²) in [5.41, 5.74) is 2.85. The fourth-order valence-electron chi connectivity index (χ4n) is 2.98. The molecule has 0 unspecified atom stereocenters. The van der Waals surface area contributed by atoms with Crippen LogP contribution in [-0.2, 0) is 11.3 Å². The molecule has 3 N–H and O–H groups in total. The van der Waals surface area contributed by atoms with E-state index in [1.54, 1.807) is 0 Å². The summed E-state index contributed by atoms with van der Waals surface area (Å²) in [6.07, 6.45) is 0.791. The monoisotopic (exact) mass is 440 g/mol. The molecule has 1 amide bonds. The number of nitrogens with one attached hydrogen (secondary N) is 3. The average molecular weight is 441 g/mol. The first-order valence-corrected chi connectivity index (χ1v) is 11.3. The summed E-state index contributed by atoms with van der Waals surface area (Å²) < 4.78 is 11.3. The zero-order valence-electron chi connectivity index (χ0n) is 19.4. The van der Waals surface area contributed by atoms with Gasteiger partial charge >= 0.3 is 0 Å². The van der Waals surface area contributed by atoms with Gasteiger partial charge in [0.1, 0.15) is 12.4 Å². The van der Waals surface area contributed by atoms with Crippen molar-refractivity contribution in [2.24, 2.45) is 4.99 Å². The van der Waals surface area contributed by atoms with Gasteiger partial charge in [-0.05, 0) is 51.0 Å². The average Bonchev–Trinajstić information content (AvgIpc) is 2.81. The van der Waals surface area contributed by atoms with E-state index >= 15 is 0 Å². The fraction of sp³-hybridized carbons (Fsp3) is 0.440. The first-order valence-electron chi connectivity index (χ1n) is 11.3. The summed E-state index contributed by atoms with van der Waals surface area (Å²) >= 11 is 0. The number of aryl methyl sites for hydroxylation is 1. The Bertz CT molecular complexity index is 840. The van der Waals surface area contributed by atoms with Gasteiger partial charge in [-0.3, -0.25) is 4.79 Å². The minimum atomic E-state index is -0.0533. The lowest BCUT2D eigenvalue weighted by atomic mass is 10.1. The van der Waals surface area contributed by atoms with Crippen molar-refractivity contribution in [1.82, 2.24) is 16.0 Å². The Morgan fingerprint density at radius 1 is 0.969 bits per heavy atom. The molecule has 0 saturated heterocycles. The molecule has 0 aliphatic rings. The van der Waals surface area contributed by atoms with Crippen LogP contribution < -0.4 is 20.7 Å². The number of carbonyl (C=O) groups is 1. The molecule has 32 heavy (non-hydrogen) atoms. The van der Waals surface area contributed by atoms with Gasteiger partial charge in [-0.25, -0.2) is 4.99 Å². The van der Waals surface area contributed by atoms with Gasteiger partial charge in [0.05, 0.1) is 13.2 Å². The van der Waals surface area contributed by atoms with E-state index in [0.29, 0.717) is 45.0 Å². The van der Waals surface area contributed by atoms with Crippen molar-refractivity contribution in [3.05, 3.63) is 65.2 Å². The second-order valence-corrected chi connectivity index (χ2v) is 7.25. The zero-order chi connectivity index (χ0) is 23.0. The highest BCUT2D eigenvalue weighted by Crippen LogP contribution is 2.21. The van der Waals surface area contributed by atoms with Gasteiger partial charge < -0.3 is 25.4 Å². The molecule has 2 aromatic rings. The van der Waals surface area contributed by atoms with E-state index in [-0.39, 0.29) is 5.91 Å². The van der Waals surface area contributed by atoms with Crippen molar-refractivity contribution in [3.63, 3.8) is 0 Å². The van der Waals surface area contributed by atoms with E-state index in [1.807, 2.05) is 57.2 Å². The normalized spacial score (nSPS) is 11.2. The molecule has 0 radical (unpaired) electrons. The Hall–Kier alpha value is -3.06. The largest absolute Gasteiger partial charge is 0.491 e.